The van der Waals surface area contributed by atoms with Crippen LogP contribution in [0.3, 0.4) is 0 Å². The average molecular weight is 841 g/mol. The van der Waals surface area contributed by atoms with Crippen LogP contribution >= 0.6 is 0 Å². The quantitative estimate of drug-likeness (QED) is 0.131. The zero-order valence-corrected chi connectivity index (χ0v) is 36.3. The molecule has 0 fully saturated rings. The molecule has 0 atom stereocenters. The van der Waals surface area contributed by atoms with Gasteiger partial charge in [-0.15, -0.1) is 0 Å². The van der Waals surface area contributed by atoms with Crippen molar-refractivity contribution in [3.05, 3.63) is 266 Å². The predicted octanol–water partition coefficient (Wildman–Crippen LogP) is 17.7. The monoisotopic (exact) mass is 840 g/mol. The fraction of sp³-hybridized carbons (Fsp3) is 0. The van der Waals surface area contributed by atoms with Crippen molar-refractivity contribution in [3.8, 4) is 39.1 Å². The number of hydrogen-bond acceptors (Lipinski definition) is 1. The van der Waals surface area contributed by atoms with Gasteiger partial charge in [-0.25, -0.2) is 0 Å². The van der Waals surface area contributed by atoms with Crippen molar-refractivity contribution in [3.63, 3.8) is 0 Å². The number of benzene rings is 11. The predicted molar refractivity (Wildman–Crippen MR) is 282 cm³/mol. The zero-order valence-electron chi connectivity index (χ0n) is 36.3. The Morgan fingerprint density at radius 2 is 0.818 bits per heavy atom. The lowest BCUT2D eigenvalue weighted by Gasteiger charge is -2.25. The van der Waals surface area contributed by atoms with Gasteiger partial charge in [0, 0.05) is 33.5 Å². The highest BCUT2D eigenvalue weighted by Gasteiger charge is 2.19. The number of anilines is 3. The summed E-state index contributed by atoms with van der Waals surface area (Å²) >= 11 is 0. The van der Waals surface area contributed by atoms with Gasteiger partial charge in [-0.05, 0) is 139 Å². The Bertz CT molecular complexity index is 3680. The summed E-state index contributed by atoms with van der Waals surface area (Å²) < 4.78 is 2.41. The van der Waals surface area contributed by atoms with Crippen LogP contribution in [-0.4, -0.2) is 4.57 Å². The van der Waals surface area contributed by atoms with Gasteiger partial charge in [0.1, 0.15) is 0 Å². The molecule has 2 heteroatoms. The summed E-state index contributed by atoms with van der Waals surface area (Å²) in [7, 11) is 0. The molecule has 0 bridgehead atoms. The maximum absolute atomic E-state index is 2.41. The molecule has 66 heavy (non-hydrogen) atoms. The molecule has 1 heterocycles. The van der Waals surface area contributed by atoms with Crippen molar-refractivity contribution in [2.24, 2.45) is 0 Å². The highest BCUT2D eigenvalue weighted by molar-refractivity contribution is 6.12. The van der Waals surface area contributed by atoms with E-state index in [1.807, 2.05) is 0 Å². The summed E-state index contributed by atoms with van der Waals surface area (Å²) in [5, 5.41) is 7.38. The molecule has 0 aliphatic heterocycles. The highest BCUT2D eigenvalue weighted by atomic mass is 15.1. The summed E-state index contributed by atoms with van der Waals surface area (Å²) in [6, 6.07) is 92.2. The van der Waals surface area contributed by atoms with Crippen molar-refractivity contribution < 1.29 is 0 Å². The summed E-state index contributed by atoms with van der Waals surface area (Å²) in [6.07, 6.45) is 4.48. The Labute approximate surface area is 385 Å². The Morgan fingerprint density at radius 1 is 0.303 bits per heavy atom. The lowest BCUT2D eigenvalue weighted by Crippen LogP contribution is -2.09. The Hall–Kier alpha value is -8.72. The molecule has 12 aromatic rings. The van der Waals surface area contributed by atoms with Gasteiger partial charge < -0.3 is 9.47 Å². The van der Waals surface area contributed by atoms with E-state index in [2.05, 4.69) is 276 Å². The summed E-state index contributed by atoms with van der Waals surface area (Å²) in [4.78, 5) is 2.33. The van der Waals surface area contributed by atoms with Crippen LogP contribution in [0.25, 0.3) is 94.6 Å². The van der Waals surface area contributed by atoms with Gasteiger partial charge in [-0.1, -0.05) is 194 Å². The standard InChI is InChI=1S/C64H44N2/c1-6-18-47(19-7-1)60-44-61(64(48-20-8-2-9-21-48)59-29-17-16-28-56(59)60)51-36-35-49-40-45(32-34-50(49)42-51)30-31-46-33-38-57-58-39-37-55(43-63(58)66(62(57)41-46)54-26-14-5-15-27-54)65(52-22-10-3-11-23-52)53-24-12-4-13-25-53/h1-44H/b31-30+. The first-order chi connectivity index (χ1) is 32.7. The first-order valence-corrected chi connectivity index (χ1v) is 22.7. The van der Waals surface area contributed by atoms with E-state index in [0.29, 0.717) is 0 Å². The van der Waals surface area contributed by atoms with Crippen molar-refractivity contribution in [2.75, 3.05) is 4.90 Å². The molecule has 0 amide bonds. The fourth-order valence-electron chi connectivity index (χ4n) is 9.83. The summed E-state index contributed by atoms with van der Waals surface area (Å²) in [5.41, 5.74) is 16.5. The average Bonchev–Trinajstić information content (AvgIpc) is 3.71. The van der Waals surface area contributed by atoms with Crippen LogP contribution < -0.4 is 4.90 Å². The van der Waals surface area contributed by atoms with Crippen molar-refractivity contribution >= 4 is 72.6 Å². The normalized spacial score (nSPS) is 11.6. The van der Waals surface area contributed by atoms with E-state index in [-0.39, 0.29) is 0 Å². The number of para-hydroxylation sites is 3. The molecule has 0 aliphatic rings. The van der Waals surface area contributed by atoms with Crippen molar-refractivity contribution in [1.29, 1.82) is 0 Å². The van der Waals surface area contributed by atoms with E-state index < -0.39 is 0 Å². The van der Waals surface area contributed by atoms with E-state index in [4.69, 9.17) is 0 Å². The first-order valence-electron chi connectivity index (χ1n) is 22.7. The second-order valence-corrected chi connectivity index (χ2v) is 16.9. The number of nitrogens with zero attached hydrogens (tertiary/aromatic N) is 2. The van der Waals surface area contributed by atoms with E-state index in [1.165, 1.54) is 71.2 Å². The van der Waals surface area contributed by atoms with Crippen LogP contribution in [0.15, 0.2) is 255 Å². The molecule has 1 aromatic heterocycles. The fourth-order valence-corrected chi connectivity index (χ4v) is 9.83. The van der Waals surface area contributed by atoms with Gasteiger partial charge >= 0.3 is 0 Å². The Morgan fingerprint density at radius 3 is 1.50 bits per heavy atom. The number of rotatable bonds is 9. The van der Waals surface area contributed by atoms with Gasteiger partial charge in [0.15, 0.2) is 0 Å². The van der Waals surface area contributed by atoms with E-state index in [1.54, 1.807) is 0 Å². The largest absolute Gasteiger partial charge is 0.310 e. The van der Waals surface area contributed by atoms with Gasteiger partial charge in [0.2, 0.25) is 0 Å². The third kappa shape index (κ3) is 7.12. The van der Waals surface area contributed by atoms with Gasteiger partial charge in [0.05, 0.1) is 11.0 Å². The van der Waals surface area contributed by atoms with Crippen LogP contribution in [0.2, 0.25) is 0 Å². The lowest BCUT2D eigenvalue weighted by molar-refractivity contribution is 1.18. The topological polar surface area (TPSA) is 8.17 Å². The molecule has 0 spiro atoms. The molecule has 0 saturated heterocycles. The van der Waals surface area contributed by atoms with E-state index in [0.717, 1.165) is 39.4 Å². The van der Waals surface area contributed by atoms with Crippen molar-refractivity contribution in [1.82, 2.24) is 4.57 Å². The third-order valence-electron chi connectivity index (χ3n) is 12.9. The third-order valence-corrected chi connectivity index (χ3v) is 12.9. The van der Waals surface area contributed by atoms with Gasteiger partial charge in [-0.3, -0.25) is 0 Å². The minimum absolute atomic E-state index is 1.11. The number of aromatic nitrogens is 1. The maximum atomic E-state index is 2.41. The molecule has 2 nitrogen and oxygen atoms in total. The van der Waals surface area contributed by atoms with Gasteiger partial charge in [-0.2, -0.15) is 0 Å². The van der Waals surface area contributed by atoms with E-state index >= 15 is 0 Å². The Kier molecular flexibility index (Phi) is 9.89. The van der Waals surface area contributed by atoms with Crippen LogP contribution in [0.4, 0.5) is 17.1 Å². The minimum Gasteiger partial charge on any atom is -0.310 e. The molecule has 0 saturated carbocycles. The first kappa shape index (κ1) is 38.9. The molecule has 0 unspecified atom stereocenters. The van der Waals surface area contributed by atoms with Gasteiger partial charge in [0.25, 0.3) is 0 Å². The molecule has 0 N–H and O–H groups in total. The van der Waals surface area contributed by atoms with Crippen LogP contribution in [0.5, 0.6) is 0 Å². The maximum Gasteiger partial charge on any atom is 0.0561 e. The molecule has 310 valence electrons. The summed E-state index contributed by atoms with van der Waals surface area (Å²) in [6.45, 7) is 0. The second kappa shape index (κ2) is 16.8. The Balaban J connectivity index is 0.924. The SMILES string of the molecule is C(=C\c1ccc2c3ccc(N(c4ccccc4)c4ccccc4)cc3n(-c3ccccc3)c2c1)/c1ccc2cc(-c3cc(-c4ccccc4)c4ccccc4c3-c3ccccc3)ccc2c1. The molecule has 11 aromatic carbocycles. The molecule has 12 rings (SSSR count). The number of hydrogen-bond donors (Lipinski definition) is 0. The number of fused-ring (bicyclic) bond motifs is 5. The molecule has 0 aliphatic carbocycles. The highest BCUT2D eigenvalue weighted by Crippen LogP contribution is 2.44. The van der Waals surface area contributed by atoms with E-state index in [9.17, 15) is 0 Å². The molecular formula is C64H44N2. The van der Waals surface area contributed by atoms with Crippen LogP contribution in [0, 0.1) is 0 Å². The molecular weight excluding hydrogens is 797 g/mol. The van der Waals surface area contributed by atoms with Crippen LogP contribution in [-0.2, 0) is 0 Å². The summed E-state index contributed by atoms with van der Waals surface area (Å²) in [5.74, 6) is 0. The second-order valence-electron chi connectivity index (χ2n) is 16.9. The smallest absolute Gasteiger partial charge is 0.0561 e. The van der Waals surface area contributed by atoms with Crippen molar-refractivity contribution in [2.45, 2.75) is 0 Å². The lowest BCUT2D eigenvalue weighted by atomic mass is 9.85. The molecule has 0 radical (unpaired) electrons. The zero-order chi connectivity index (χ0) is 43.8. The minimum atomic E-state index is 1.11. The van der Waals surface area contributed by atoms with Crippen LogP contribution in [0.1, 0.15) is 11.1 Å².